The maximum Gasteiger partial charge on any atom is 0.302 e. The van der Waals surface area contributed by atoms with Crippen molar-refractivity contribution >= 4 is 17.6 Å². The smallest absolute Gasteiger partial charge is 0.302 e. The van der Waals surface area contributed by atoms with E-state index >= 15 is 0 Å². The fraction of sp³-hybridized carbons (Fsp3) is 0.559. The molecule has 44 heavy (non-hydrogen) atoms. The molecule has 2 aromatic rings. The van der Waals surface area contributed by atoms with Crippen molar-refractivity contribution in [2.75, 3.05) is 79.8 Å². The lowest BCUT2D eigenvalue weighted by molar-refractivity contribution is -0.148. The fourth-order valence-electron chi connectivity index (χ4n) is 7.05. The Bertz CT molecular complexity index is 1360. The van der Waals surface area contributed by atoms with Gasteiger partial charge in [0, 0.05) is 81.9 Å². The van der Waals surface area contributed by atoms with Crippen molar-refractivity contribution in [3.05, 3.63) is 58.7 Å². The van der Waals surface area contributed by atoms with Crippen molar-refractivity contribution in [2.45, 2.75) is 44.2 Å². The van der Waals surface area contributed by atoms with Crippen LogP contribution in [0.5, 0.6) is 11.5 Å². The highest BCUT2D eigenvalue weighted by Crippen LogP contribution is 2.45. The number of ether oxygens (including phenoxy) is 4. The maximum atomic E-state index is 13.4. The number of morpholine rings is 1. The third-order valence-corrected chi connectivity index (χ3v) is 9.50. The molecule has 0 aromatic heterocycles. The Morgan fingerprint density at radius 1 is 0.886 bits per heavy atom. The van der Waals surface area contributed by atoms with Gasteiger partial charge >= 0.3 is 5.97 Å². The highest BCUT2D eigenvalue weighted by atomic mass is 16.5. The Morgan fingerprint density at radius 2 is 1.55 bits per heavy atom. The zero-order valence-electron chi connectivity index (χ0n) is 26.1. The third-order valence-electron chi connectivity index (χ3n) is 9.50. The lowest BCUT2D eigenvalue weighted by atomic mass is 9.74. The number of benzene rings is 2. The van der Waals surface area contributed by atoms with Crippen molar-refractivity contribution in [1.29, 1.82) is 0 Å². The summed E-state index contributed by atoms with van der Waals surface area (Å²) in [5.74, 6) is 1.25. The number of methoxy groups -OCH3 is 2. The predicted molar refractivity (Wildman–Crippen MR) is 167 cm³/mol. The summed E-state index contributed by atoms with van der Waals surface area (Å²) in [6, 6.07) is 12.0. The van der Waals surface area contributed by atoms with Gasteiger partial charge in [-0.25, -0.2) is 0 Å². The van der Waals surface area contributed by atoms with Gasteiger partial charge in [-0.2, -0.15) is 0 Å². The lowest BCUT2D eigenvalue weighted by Gasteiger charge is -2.38. The summed E-state index contributed by atoms with van der Waals surface area (Å²) in [4.78, 5) is 37.3. The monoisotopic (exact) mass is 604 g/mol. The standard InChI is InChI=1S/C34H44N4O6/c1-23(39)44-26-8-9-30-28(20-26)27-21-31(41-2)32(42-3)22-29(27)33(35-30)24-4-6-25(7-5-24)34(40)38-14-12-36(13-15-38)10-11-37-16-18-43-19-17-37/h4-7,21-22,26,28,30H,8-20H2,1-3H3. The number of nitrogens with zero attached hydrogens (tertiary/aromatic N) is 4. The molecule has 0 bridgehead atoms. The Morgan fingerprint density at radius 3 is 2.20 bits per heavy atom. The molecule has 1 aliphatic carbocycles. The summed E-state index contributed by atoms with van der Waals surface area (Å²) in [5.41, 5.74) is 4.66. The zero-order valence-corrected chi connectivity index (χ0v) is 26.1. The van der Waals surface area contributed by atoms with E-state index in [0.717, 1.165) is 107 Å². The van der Waals surface area contributed by atoms with Crippen LogP contribution in [0.2, 0.25) is 0 Å². The molecule has 3 aliphatic heterocycles. The van der Waals surface area contributed by atoms with E-state index in [1.807, 2.05) is 35.2 Å². The molecule has 0 radical (unpaired) electrons. The van der Waals surface area contributed by atoms with E-state index in [-0.39, 0.29) is 29.9 Å². The number of carbonyl (C=O) groups excluding carboxylic acids is 2. The Labute approximate surface area is 259 Å². The van der Waals surface area contributed by atoms with Crippen LogP contribution >= 0.6 is 0 Å². The SMILES string of the molecule is COc1cc2c(cc1OC)C1CC(OC(C)=O)CCC1N=C2c1ccc(C(=O)N2CCN(CCN3CCOCC3)CC2)cc1. The molecule has 0 N–H and O–H groups in total. The van der Waals surface area contributed by atoms with Gasteiger partial charge in [0.1, 0.15) is 6.10 Å². The van der Waals surface area contributed by atoms with E-state index in [9.17, 15) is 9.59 Å². The Kier molecular flexibility index (Phi) is 9.49. The lowest BCUT2D eigenvalue weighted by Crippen LogP contribution is -2.51. The number of piperazine rings is 1. The second kappa shape index (κ2) is 13.7. The number of hydrogen-bond acceptors (Lipinski definition) is 9. The van der Waals surface area contributed by atoms with Crippen LogP contribution in [0, 0.1) is 0 Å². The number of amides is 1. The first-order valence-corrected chi connectivity index (χ1v) is 15.9. The van der Waals surface area contributed by atoms with Crippen LogP contribution < -0.4 is 9.47 Å². The van der Waals surface area contributed by atoms with Gasteiger partial charge in [-0.05, 0) is 49.1 Å². The van der Waals surface area contributed by atoms with E-state index in [2.05, 4.69) is 15.9 Å². The number of aliphatic imine (C=N–C) groups is 1. The number of hydrogen-bond donors (Lipinski definition) is 0. The molecule has 4 aliphatic rings. The van der Waals surface area contributed by atoms with E-state index in [1.54, 1.807) is 14.2 Å². The second-order valence-corrected chi connectivity index (χ2v) is 12.2. The van der Waals surface area contributed by atoms with Gasteiger partial charge in [0.15, 0.2) is 11.5 Å². The second-order valence-electron chi connectivity index (χ2n) is 12.2. The number of rotatable bonds is 8. The van der Waals surface area contributed by atoms with Crippen molar-refractivity contribution in [3.63, 3.8) is 0 Å². The summed E-state index contributed by atoms with van der Waals surface area (Å²) in [6.07, 6.45) is 2.21. The van der Waals surface area contributed by atoms with Crippen LogP contribution in [0.3, 0.4) is 0 Å². The van der Waals surface area contributed by atoms with Gasteiger partial charge < -0.3 is 23.8 Å². The van der Waals surface area contributed by atoms with E-state index < -0.39 is 0 Å². The topological polar surface area (TPSA) is 93.1 Å². The van der Waals surface area contributed by atoms with Crippen molar-refractivity contribution in [3.8, 4) is 11.5 Å². The Balaban J connectivity index is 1.16. The van der Waals surface area contributed by atoms with Gasteiger partial charge in [-0.1, -0.05) is 12.1 Å². The van der Waals surface area contributed by atoms with Crippen LogP contribution in [0.15, 0.2) is 41.4 Å². The van der Waals surface area contributed by atoms with Gasteiger partial charge in [-0.15, -0.1) is 0 Å². The molecule has 1 saturated carbocycles. The molecule has 10 heteroatoms. The molecule has 2 aromatic carbocycles. The zero-order chi connectivity index (χ0) is 30.6. The summed E-state index contributed by atoms with van der Waals surface area (Å²) in [7, 11) is 3.28. The van der Waals surface area contributed by atoms with E-state index in [0.29, 0.717) is 17.1 Å². The largest absolute Gasteiger partial charge is 0.493 e. The molecular formula is C34H44N4O6. The van der Waals surface area contributed by atoms with Crippen molar-refractivity contribution in [2.24, 2.45) is 4.99 Å². The minimum Gasteiger partial charge on any atom is -0.493 e. The summed E-state index contributed by atoms with van der Waals surface area (Å²) < 4.78 is 22.4. The van der Waals surface area contributed by atoms with Gasteiger partial charge in [0.05, 0.1) is 39.2 Å². The van der Waals surface area contributed by atoms with E-state index in [4.69, 9.17) is 23.9 Å². The van der Waals surface area contributed by atoms with Crippen LogP contribution in [-0.2, 0) is 14.3 Å². The predicted octanol–water partition coefficient (Wildman–Crippen LogP) is 3.21. The average molecular weight is 605 g/mol. The van der Waals surface area contributed by atoms with Gasteiger partial charge in [-0.3, -0.25) is 24.4 Å². The van der Waals surface area contributed by atoms with Crippen molar-refractivity contribution in [1.82, 2.24) is 14.7 Å². The molecule has 1 amide bonds. The molecule has 10 nitrogen and oxygen atoms in total. The van der Waals surface area contributed by atoms with E-state index in [1.165, 1.54) is 6.92 Å². The molecule has 3 unspecified atom stereocenters. The van der Waals surface area contributed by atoms with Crippen LogP contribution in [0.1, 0.15) is 59.2 Å². The first kappa shape index (κ1) is 30.6. The number of esters is 1. The molecule has 6 rings (SSSR count). The summed E-state index contributed by atoms with van der Waals surface area (Å²) in [6.45, 7) is 10.5. The maximum absolute atomic E-state index is 13.4. The highest BCUT2D eigenvalue weighted by Gasteiger charge is 2.39. The average Bonchev–Trinajstić information content (AvgIpc) is 3.06. The number of carbonyl (C=O) groups is 2. The van der Waals surface area contributed by atoms with Gasteiger partial charge in [0.2, 0.25) is 0 Å². The first-order chi connectivity index (χ1) is 21.4. The quantitative estimate of drug-likeness (QED) is 0.425. The third kappa shape index (κ3) is 6.62. The molecule has 2 saturated heterocycles. The summed E-state index contributed by atoms with van der Waals surface area (Å²) in [5, 5.41) is 0. The van der Waals surface area contributed by atoms with Crippen LogP contribution in [-0.4, -0.2) is 124 Å². The molecule has 3 heterocycles. The van der Waals surface area contributed by atoms with Gasteiger partial charge in [0.25, 0.3) is 5.91 Å². The van der Waals surface area contributed by atoms with Crippen LogP contribution in [0.4, 0.5) is 0 Å². The number of fused-ring (bicyclic) bond motifs is 3. The fourth-order valence-corrected chi connectivity index (χ4v) is 7.05. The minimum atomic E-state index is -0.249. The minimum absolute atomic E-state index is 0.0725. The molecule has 3 fully saturated rings. The molecule has 236 valence electrons. The first-order valence-electron chi connectivity index (χ1n) is 15.9. The molecule has 3 atom stereocenters. The van der Waals surface area contributed by atoms with Crippen LogP contribution in [0.25, 0.3) is 0 Å². The van der Waals surface area contributed by atoms with Crippen molar-refractivity contribution < 1.29 is 28.5 Å². The Hall–Kier alpha value is -3.47. The molecular weight excluding hydrogens is 560 g/mol. The normalized spacial score (nSPS) is 24.1. The molecule has 0 spiro atoms. The highest BCUT2D eigenvalue weighted by molar-refractivity contribution is 6.15. The summed E-state index contributed by atoms with van der Waals surface area (Å²) >= 11 is 0.